The topological polar surface area (TPSA) is 58.6 Å². The van der Waals surface area contributed by atoms with Gasteiger partial charge in [-0.2, -0.15) is 0 Å². The summed E-state index contributed by atoms with van der Waals surface area (Å²) in [6, 6.07) is 3.27. The van der Waals surface area contributed by atoms with Crippen LogP contribution in [0.2, 0.25) is 0 Å². The molecule has 1 aromatic carbocycles. The van der Waals surface area contributed by atoms with Gasteiger partial charge in [0.1, 0.15) is 6.29 Å². The molecule has 1 aliphatic rings. The van der Waals surface area contributed by atoms with Crippen LogP contribution < -0.4 is 10.1 Å². The normalized spacial score (nSPS) is 16.5. The van der Waals surface area contributed by atoms with E-state index >= 15 is 0 Å². The van der Waals surface area contributed by atoms with Gasteiger partial charge in [-0.15, -0.1) is 0 Å². The molecule has 0 radical (unpaired) electrons. The van der Waals surface area contributed by atoms with Gasteiger partial charge in [-0.1, -0.05) is 0 Å². The summed E-state index contributed by atoms with van der Waals surface area (Å²) >= 11 is 0. The van der Waals surface area contributed by atoms with E-state index in [1.165, 1.54) is 13.2 Å². The maximum atomic E-state index is 11.1. The number of methoxy groups -OCH3 is 1. The van der Waals surface area contributed by atoms with Crippen molar-refractivity contribution in [2.75, 3.05) is 20.2 Å². The first-order valence-corrected chi connectivity index (χ1v) is 6.30. The number of benzene rings is 1. The van der Waals surface area contributed by atoms with Gasteiger partial charge in [-0.3, -0.25) is 4.79 Å². The van der Waals surface area contributed by atoms with Gasteiger partial charge in [0.2, 0.25) is 0 Å². The molecule has 4 nitrogen and oxygen atoms in total. The molecular weight excluding hydrogens is 230 g/mol. The zero-order valence-electron chi connectivity index (χ0n) is 10.6. The van der Waals surface area contributed by atoms with Crippen molar-refractivity contribution in [1.82, 2.24) is 5.32 Å². The maximum Gasteiger partial charge on any atom is 0.160 e. The third-order valence-electron chi connectivity index (χ3n) is 3.53. The van der Waals surface area contributed by atoms with Gasteiger partial charge in [-0.05, 0) is 56.0 Å². The average molecular weight is 249 g/mol. The van der Waals surface area contributed by atoms with Crippen molar-refractivity contribution < 1.29 is 14.6 Å². The van der Waals surface area contributed by atoms with Crippen LogP contribution in [0.3, 0.4) is 0 Å². The number of carbonyl (C=O) groups excluding carboxylic acids is 1. The Kier molecular flexibility index (Phi) is 4.20. The molecule has 1 fully saturated rings. The van der Waals surface area contributed by atoms with Crippen molar-refractivity contribution >= 4 is 6.29 Å². The lowest BCUT2D eigenvalue weighted by molar-refractivity contribution is 0.112. The second-order valence-electron chi connectivity index (χ2n) is 4.74. The highest BCUT2D eigenvalue weighted by Gasteiger charge is 2.17. The van der Waals surface area contributed by atoms with Gasteiger partial charge in [0.15, 0.2) is 11.5 Å². The highest BCUT2D eigenvalue weighted by atomic mass is 16.5. The summed E-state index contributed by atoms with van der Waals surface area (Å²) in [6.45, 7) is 2.08. The van der Waals surface area contributed by atoms with Gasteiger partial charge in [0.05, 0.1) is 7.11 Å². The lowest BCUT2D eigenvalue weighted by atomic mass is 9.89. The van der Waals surface area contributed by atoms with Crippen molar-refractivity contribution in [2.24, 2.45) is 5.92 Å². The first-order chi connectivity index (χ1) is 8.74. The lowest BCUT2D eigenvalue weighted by Gasteiger charge is -2.23. The number of phenols is 1. The number of aromatic hydroxyl groups is 1. The van der Waals surface area contributed by atoms with E-state index in [2.05, 4.69) is 5.32 Å². The molecule has 1 aromatic rings. The highest BCUT2D eigenvalue weighted by molar-refractivity contribution is 5.79. The van der Waals surface area contributed by atoms with Crippen LogP contribution in [0, 0.1) is 5.92 Å². The molecule has 2 rings (SSSR count). The quantitative estimate of drug-likeness (QED) is 0.798. The number of ether oxygens (including phenoxy) is 1. The molecule has 1 saturated heterocycles. The maximum absolute atomic E-state index is 11.1. The number of phenolic OH excluding ortho intramolecular Hbond substituents is 1. The Bertz CT molecular complexity index is 425. The fourth-order valence-corrected chi connectivity index (χ4v) is 2.47. The zero-order valence-corrected chi connectivity index (χ0v) is 10.6. The van der Waals surface area contributed by atoms with Gasteiger partial charge in [-0.25, -0.2) is 0 Å². The highest BCUT2D eigenvalue weighted by Crippen LogP contribution is 2.31. The van der Waals surface area contributed by atoms with Crippen molar-refractivity contribution in [1.29, 1.82) is 0 Å². The molecular formula is C14H19NO3. The minimum absolute atomic E-state index is 0.0219. The lowest BCUT2D eigenvalue weighted by Crippen LogP contribution is -2.28. The van der Waals surface area contributed by atoms with Gasteiger partial charge in [0.25, 0.3) is 0 Å². The second-order valence-corrected chi connectivity index (χ2v) is 4.74. The first kappa shape index (κ1) is 12.9. The summed E-state index contributed by atoms with van der Waals surface area (Å²) in [5, 5.41) is 13.0. The van der Waals surface area contributed by atoms with Gasteiger partial charge < -0.3 is 15.2 Å². The molecule has 0 spiro atoms. The van der Waals surface area contributed by atoms with Crippen LogP contribution in [-0.4, -0.2) is 31.6 Å². The number of piperidine rings is 1. The summed E-state index contributed by atoms with van der Waals surface area (Å²) in [6.07, 6.45) is 3.92. The number of carbonyl (C=O) groups is 1. The summed E-state index contributed by atoms with van der Waals surface area (Å²) < 4.78 is 5.10. The molecule has 0 saturated carbocycles. The van der Waals surface area contributed by atoms with E-state index in [1.54, 1.807) is 6.07 Å². The molecule has 0 aliphatic carbocycles. The molecule has 0 aromatic heterocycles. The minimum Gasteiger partial charge on any atom is -0.504 e. The van der Waals surface area contributed by atoms with E-state index in [-0.39, 0.29) is 5.75 Å². The van der Waals surface area contributed by atoms with Crippen LogP contribution in [-0.2, 0) is 6.42 Å². The third kappa shape index (κ3) is 2.82. The van der Waals surface area contributed by atoms with Crippen molar-refractivity contribution in [3.8, 4) is 11.5 Å². The Hall–Kier alpha value is -1.55. The molecule has 0 atom stereocenters. The molecule has 4 heteroatoms. The van der Waals surface area contributed by atoms with Crippen LogP contribution in [0.1, 0.15) is 28.8 Å². The summed E-state index contributed by atoms with van der Waals surface area (Å²) in [5.74, 6) is 1.05. The Morgan fingerprint density at radius 2 is 2.17 bits per heavy atom. The summed E-state index contributed by atoms with van der Waals surface area (Å²) in [4.78, 5) is 11.1. The zero-order chi connectivity index (χ0) is 13.0. The SMILES string of the molecule is COc1cc(CC2CCNCC2)c(C=O)cc1O. The van der Waals surface area contributed by atoms with E-state index < -0.39 is 0 Å². The minimum atomic E-state index is 0.0219. The standard InChI is InChI=1S/C14H19NO3/c1-18-14-8-11(12(9-16)7-13(14)17)6-10-2-4-15-5-3-10/h7-10,15,17H,2-6H2,1H3. The molecule has 18 heavy (non-hydrogen) atoms. The molecule has 0 bridgehead atoms. The van der Waals surface area contributed by atoms with Gasteiger partial charge in [0, 0.05) is 5.56 Å². The smallest absolute Gasteiger partial charge is 0.160 e. The fraction of sp³-hybridized carbons (Fsp3) is 0.500. The summed E-state index contributed by atoms with van der Waals surface area (Å²) in [7, 11) is 1.52. The molecule has 1 heterocycles. The van der Waals surface area contributed by atoms with E-state index in [4.69, 9.17) is 4.74 Å². The van der Waals surface area contributed by atoms with Crippen LogP contribution >= 0.6 is 0 Å². The van der Waals surface area contributed by atoms with Crippen LogP contribution in [0.4, 0.5) is 0 Å². The van der Waals surface area contributed by atoms with E-state index in [0.717, 1.165) is 44.2 Å². The Morgan fingerprint density at radius 1 is 1.44 bits per heavy atom. The Labute approximate surface area is 107 Å². The number of nitrogens with one attached hydrogen (secondary N) is 1. The molecule has 98 valence electrons. The van der Waals surface area contributed by atoms with Crippen LogP contribution in [0.5, 0.6) is 11.5 Å². The molecule has 2 N–H and O–H groups in total. The van der Waals surface area contributed by atoms with Gasteiger partial charge >= 0.3 is 0 Å². The van der Waals surface area contributed by atoms with Crippen LogP contribution in [0.25, 0.3) is 0 Å². The Balaban J connectivity index is 2.21. The number of hydrogen-bond acceptors (Lipinski definition) is 4. The number of hydrogen-bond donors (Lipinski definition) is 2. The molecule has 1 aliphatic heterocycles. The monoisotopic (exact) mass is 249 g/mol. The van der Waals surface area contributed by atoms with Crippen molar-refractivity contribution in [3.63, 3.8) is 0 Å². The van der Waals surface area contributed by atoms with E-state index in [9.17, 15) is 9.90 Å². The largest absolute Gasteiger partial charge is 0.504 e. The Morgan fingerprint density at radius 3 is 2.78 bits per heavy atom. The molecule has 0 unspecified atom stereocenters. The molecule has 0 amide bonds. The van der Waals surface area contributed by atoms with Crippen LogP contribution in [0.15, 0.2) is 12.1 Å². The predicted molar refractivity (Wildman–Crippen MR) is 69.3 cm³/mol. The third-order valence-corrected chi connectivity index (χ3v) is 3.53. The van der Waals surface area contributed by atoms with E-state index in [1.807, 2.05) is 0 Å². The number of aldehydes is 1. The van der Waals surface area contributed by atoms with Crippen molar-refractivity contribution in [3.05, 3.63) is 23.3 Å². The fourth-order valence-electron chi connectivity index (χ4n) is 2.47. The first-order valence-electron chi connectivity index (χ1n) is 6.30. The second kappa shape index (κ2) is 5.87. The number of rotatable bonds is 4. The average Bonchev–Trinajstić information content (AvgIpc) is 2.41. The van der Waals surface area contributed by atoms with Crippen molar-refractivity contribution in [2.45, 2.75) is 19.3 Å². The van der Waals surface area contributed by atoms with E-state index in [0.29, 0.717) is 17.2 Å². The summed E-state index contributed by atoms with van der Waals surface area (Å²) in [5.41, 5.74) is 1.53. The predicted octanol–water partition coefficient (Wildman–Crippen LogP) is 1.76.